The Morgan fingerprint density at radius 1 is 0.484 bits per heavy atom. The second kappa shape index (κ2) is 14.4. The number of hydrogen-bond acceptors (Lipinski definition) is 11. The maximum Gasteiger partial charge on any atom is 0.147 e. The molecule has 11 nitrogen and oxygen atoms in total. The Labute approximate surface area is 179 Å². The van der Waals surface area contributed by atoms with Gasteiger partial charge in [-0.15, -0.1) is 10.5 Å². The smallest absolute Gasteiger partial charge is 0.147 e. The van der Waals surface area contributed by atoms with Gasteiger partial charge >= 0.3 is 0 Å². The van der Waals surface area contributed by atoms with E-state index in [9.17, 15) is 0 Å². The third-order valence-corrected chi connectivity index (χ3v) is 3.88. The molecule has 2 rings (SSSR count). The van der Waals surface area contributed by atoms with E-state index in [4.69, 9.17) is 44.5 Å². The maximum absolute atomic E-state index is 9.10. The predicted molar refractivity (Wildman–Crippen MR) is 108 cm³/mol. The Morgan fingerprint density at radius 3 is 1.16 bits per heavy atom. The molecule has 0 amide bonds. The molecule has 0 bridgehead atoms. The van der Waals surface area contributed by atoms with Crippen LogP contribution < -0.4 is 19.9 Å². The lowest BCUT2D eigenvalue weighted by Gasteiger charge is -2.14. The van der Waals surface area contributed by atoms with Crippen LogP contribution >= 0.6 is 0 Å². The van der Waals surface area contributed by atoms with Crippen molar-refractivity contribution in [3.05, 3.63) is 48.5 Å². The Kier molecular flexibility index (Phi) is 11.4. The molecule has 0 aliphatic carbocycles. The van der Waals surface area contributed by atoms with Crippen molar-refractivity contribution in [1.29, 1.82) is 0 Å². The molecule has 0 atom stereocenters. The van der Waals surface area contributed by atoms with E-state index in [-0.39, 0.29) is 35.0 Å². The Bertz CT molecular complexity index is 685. The molecule has 0 aliphatic heterocycles. The lowest BCUT2D eigenvalue weighted by atomic mass is 10.3. The minimum absolute atomic E-state index is 0.00871. The zero-order valence-electron chi connectivity index (χ0n) is 17.0. The zero-order chi connectivity index (χ0) is 22.3. The molecule has 31 heavy (non-hydrogen) atoms. The van der Waals surface area contributed by atoms with Crippen LogP contribution in [0.25, 0.3) is 0 Å². The summed E-state index contributed by atoms with van der Waals surface area (Å²) in [4.78, 5) is 0. The zero-order valence-corrected chi connectivity index (χ0v) is 17.0. The van der Waals surface area contributed by atoms with Crippen LogP contribution in [0.15, 0.2) is 48.5 Å². The minimum Gasteiger partial charge on any atom is -0.489 e. The summed E-state index contributed by atoms with van der Waals surface area (Å²) >= 11 is 0. The quantitative estimate of drug-likeness (QED) is 0.226. The molecule has 0 radical (unpaired) electrons. The summed E-state index contributed by atoms with van der Waals surface area (Å²) in [5, 5.41) is 36.4. The molecule has 0 saturated carbocycles. The third kappa shape index (κ3) is 9.36. The van der Waals surface area contributed by atoms with Gasteiger partial charge in [-0.1, -0.05) is 24.3 Å². The Morgan fingerprint density at radius 2 is 0.806 bits per heavy atom. The number of benzene rings is 2. The van der Waals surface area contributed by atoms with E-state index in [0.717, 1.165) is 0 Å². The fourth-order valence-electron chi connectivity index (χ4n) is 2.45. The van der Waals surface area contributed by atoms with Crippen LogP contribution in [0, 0.1) is 0 Å². The molecule has 0 aliphatic rings. The van der Waals surface area contributed by atoms with Crippen molar-refractivity contribution in [3.63, 3.8) is 0 Å². The molecule has 0 fully saturated rings. The standard InChI is InChI=1S/C20H28N2O9/c23-21(24)17-5-1-3-7-19(17)30-15-13-28-11-9-27-10-12-29-14-16-31-20-8-4-2-6-18(20)22(25)26/h1-8,23-26H,9-16H2. The summed E-state index contributed by atoms with van der Waals surface area (Å²) in [5.74, 6) is 0.670. The lowest BCUT2D eigenvalue weighted by Crippen LogP contribution is -2.16. The molecule has 2 aromatic rings. The van der Waals surface area contributed by atoms with E-state index in [2.05, 4.69) is 0 Å². The molecule has 0 saturated heterocycles. The molecular formula is C20H28N2O9. The van der Waals surface area contributed by atoms with E-state index >= 15 is 0 Å². The molecule has 4 N–H and O–H groups in total. The number of para-hydroxylation sites is 4. The van der Waals surface area contributed by atoms with Crippen LogP contribution in [-0.4, -0.2) is 73.7 Å². The van der Waals surface area contributed by atoms with Gasteiger partial charge < -0.3 is 23.7 Å². The van der Waals surface area contributed by atoms with Gasteiger partial charge in [-0.3, -0.25) is 20.8 Å². The van der Waals surface area contributed by atoms with Crippen LogP contribution in [0.1, 0.15) is 0 Å². The SMILES string of the molecule is ON(O)c1ccccc1OCCOCCOCCOCCOc1ccccc1N(O)O. The van der Waals surface area contributed by atoms with Gasteiger partial charge in [0, 0.05) is 0 Å². The van der Waals surface area contributed by atoms with Crippen molar-refractivity contribution in [1.82, 2.24) is 0 Å². The van der Waals surface area contributed by atoms with Crippen LogP contribution in [0.3, 0.4) is 0 Å². The molecule has 11 heteroatoms. The third-order valence-electron chi connectivity index (χ3n) is 3.88. The summed E-state index contributed by atoms with van der Waals surface area (Å²) < 4.78 is 27.0. The maximum atomic E-state index is 9.10. The van der Waals surface area contributed by atoms with E-state index < -0.39 is 0 Å². The second-order valence-corrected chi connectivity index (χ2v) is 6.05. The first kappa shape index (κ1) is 24.6. The largest absolute Gasteiger partial charge is 0.489 e. The fourth-order valence-corrected chi connectivity index (χ4v) is 2.45. The average Bonchev–Trinajstić information content (AvgIpc) is 2.77. The van der Waals surface area contributed by atoms with Gasteiger partial charge in [0.15, 0.2) is 0 Å². The molecule has 0 spiro atoms. The predicted octanol–water partition coefficient (Wildman–Crippen LogP) is 2.36. The first-order chi connectivity index (χ1) is 15.1. The fraction of sp³-hybridized carbons (Fsp3) is 0.400. The van der Waals surface area contributed by atoms with Crippen molar-refractivity contribution >= 4 is 11.4 Å². The topological polar surface area (TPSA) is 134 Å². The minimum atomic E-state index is 0.00871. The van der Waals surface area contributed by atoms with Crippen LogP contribution in [-0.2, 0) is 14.2 Å². The van der Waals surface area contributed by atoms with Crippen molar-refractivity contribution in [2.75, 3.05) is 63.3 Å². The Hall–Kier alpha value is -2.64. The number of hydrogen-bond donors (Lipinski definition) is 4. The molecule has 172 valence electrons. The number of rotatable bonds is 16. The normalized spacial score (nSPS) is 10.7. The van der Waals surface area contributed by atoms with E-state index in [1.54, 1.807) is 36.4 Å². The van der Waals surface area contributed by atoms with Gasteiger partial charge in [0.2, 0.25) is 0 Å². The molecule has 0 unspecified atom stereocenters. The van der Waals surface area contributed by atoms with Crippen molar-refractivity contribution < 1.29 is 44.5 Å². The van der Waals surface area contributed by atoms with Crippen molar-refractivity contribution in [2.45, 2.75) is 0 Å². The van der Waals surface area contributed by atoms with Gasteiger partial charge in [-0.05, 0) is 24.3 Å². The van der Waals surface area contributed by atoms with E-state index in [0.29, 0.717) is 51.1 Å². The lowest BCUT2D eigenvalue weighted by molar-refractivity contribution is 0.00384. The highest BCUT2D eigenvalue weighted by Crippen LogP contribution is 2.26. The van der Waals surface area contributed by atoms with Gasteiger partial charge in [-0.25, -0.2) is 0 Å². The van der Waals surface area contributed by atoms with E-state index in [1.165, 1.54) is 12.1 Å². The van der Waals surface area contributed by atoms with Gasteiger partial charge in [0.25, 0.3) is 0 Å². The number of nitrogens with zero attached hydrogens (tertiary/aromatic N) is 2. The summed E-state index contributed by atoms with van der Waals surface area (Å²) in [6, 6.07) is 13.0. The van der Waals surface area contributed by atoms with Gasteiger partial charge in [-0.2, -0.15) is 0 Å². The van der Waals surface area contributed by atoms with Gasteiger partial charge in [0.05, 0.1) is 39.6 Å². The highest BCUT2D eigenvalue weighted by molar-refractivity contribution is 5.55. The number of ether oxygens (including phenoxy) is 5. The summed E-state index contributed by atoms with van der Waals surface area (Å²) in [6.45, 7) is 2.71. The molecule has 2 aromatic carbocycles. The van der Waals surface area contributed by atoms with Gasteiger partial charge in [0.1, 0.15) is 36.1 Å². The highest BCUT2D eigenvalue weighted by atomic mass is 16.8. The van der Waals surface area contributed by atoms with Crippen LogP contribution in [0.2, 0.25) is 0 Å². The van der Waals surface area contributed by atoms with Crippen molar-refractivity contribution in [2.24, 2.45) is 0 Å². The highest BCUT2D eigenvalue weighted by Gasteiger charge is 2.08. The number of anilines is 2. The van der Waals surface area contributed by atoms with Crippen LogP contribution in [0.4, 0.5) is 11.4 Å². The monoisotopic (exact) mass is 440 g/mol. The molecule has 0 aromatic heterocycles. The molecular weight excluding hydrogens is 412 g/mol. The molecule has 0 heterocycles. The Balaban J connectivity index is 1.42. The summed E-state index contributed by atoms with van der Waals surface area (Å²) in [5.41, 5.74) is 0.286. The first-order valence-electron chi connectivity index (χ1n) is 9.62. The van der Waals surface area contributed by atoms with E-state index in [1.807, 2.05) is 0 Å². The van der Waals surface area contributed by atoms with Crippen molar-refractivity contribution in [3.8, 4) is 11.5 Å². The summed E-state index contributed by atoms with van der Waals surface area (Å²) in [7, 11) is 0. The van der Waals surface area contributed by atoms with Crippen LogP contribution in [0.5, 0.6) is 11.5 Å². The average molecular weight is 440 g/mol. The first-order valence-corrected chi connectivity index (χ1v) is 9.62. The summed E-state index contributed by atoms with van der Waals surface area (Å²) in [6.07, 6.45) is 0. The second-order valence-electron chi connectivity index (χ2n) is 6.05.